The molecule has 0 rings (SSSR count). The summed E-state index contributed by atoms with van der Waals surface area (Å²) in [6.07, 6.45) is 59.3. The first-order valence-corrected chi connectivity index (χ1v) is 24.9. The van der Waals surface area contributed by atoms with E-state index in [1.165, 1.54) is 238 Å². The number of aliphatic hydroxyl groups excluding tert-OH is 2. The Kier molecular flexibility index (Phi) is 45.8. The molecule has 0 aliphatic rings. The number of nitrogens with one attached hydrogen (secondary N) is 1. The number of hydrogen-bond acceptors (Lipinski definition) is 3. The molecule has 0 spiro atoms. The van der Waals surface area contributed by atoms with Gasteiger partial charge in [0.1, 0.15) is 0 Å². The Morgan fingerprint density at radius 1 is 0.426 bits per heavy atom. The Bertz CT molecular complexity index is 739. The molecule has 322 valence electrons. The van der Waals surface area contributed by atoms with Crippen LogP contribution in [0.2, 0.25) is 0 Å². The molecule has 0 saturated heterocycles. The number of carbonyl (C=O) groups is 1. The average molecular weight is 762 g/mol. The van der Waals surface area contributed by atoms with E-state index in [0.717, 1.165) is 25.7 Å². The standard InChI is InChI=1S/C50H99NO3/c1-3-5-7-9-11-13-15-16-17-18-19-20-21-22-23-24-25-26-27-28-29-30-31-32-33-34-36-37-39-41-43-45-49(53)48(47-52)51-50(54)46-44-42-40-38-35-14-12-10-8-6-4-2/h43,45,48-49,52-53H,3-42,44,46-47H2,1-2H3,(H,51,54)/b45-43+. The van der Waals surface area contributed by atoms with Crippen molar-refractivity contribution in [1.82, 2.24) is 5.32 Å². The van der Waals surface area contributed by atoms with Gasteiger partial charge in [-0.25, -0.2) is 0 Å². The van der Waals surface area contributed by atoms with Crippen molar-refractivity contribution in [1.29, 1.82) is 0 Å². The predicted octanol–water partition coefficient (Wildman–Crippen LogP) is 15.8. The van der Waals surface area contributed by atoms with Gasteiger partial charge in [-0.1, -0.05) is 270 Å². The quantitative estimate of drug-likeness (QED) is 0.0427. The van der Waals surface area contributed by atoms with Gasteiger partial charge in [0.15, 0.2) is 0 Å². The predicted molar refractivity (Wildman–Crippen MR) is 239 cm³/mol. The van der Waals surface area contributed by atoms with Gasteiger partial charge < -0.3 is 15.5 Å². The van der Waals surface area contributed by atoms with Gasteiger partial charge in [0.25, 0.3) is 0 Å². The Hall–Kier alpha value is -0.870. The van der Waals surface area contributed by atoms with Crippen LogP contribution < -0.4 is 5.32 Å². The van der Waals surface area contributed by atoms with E-state index in [2.05, 4.69) is 19.2 Å². The summed E-state index contributed by atoms with van der Waals surface area (Å²) >= 11 is 0. The number of hydrogen-bond donors (Lipinski definition) is 3. The maximum absolute atomic E-state index is 12.3. The second kappa shape index (κ2) is 46.5. The van der Waals surface area contributed by atoms with E-state index in [9.17, 15) is 15.0 Å². The molecular formula is C50H99NO3. The molecule has 54 heavy (non-hydrogen) atoms. The van der Waals surface area contributed by atoms with Crippen LogP contribution in [0, 0.1) is 0 Å². The smallest absolute Gasteiger partial charge is 0.220 e. The molecule has 4 heteroatoms. The topological polar surface area (TPSA) is 69.6 Å². The largest absolute Gasteiger partial charge is 0.394 e. The highest BCUT2D eigenvalue weighted by atomic mass is 16.3. The molecule has 2 atom stereocenters. The van der Waals surface area contributed by atoms with Crippen LogP contribution in [-0.2, 0) is 4.79 Å². The van der Waals surface area contributed by atoms with Crippen molar-refractivity contribution in [2.24, 2.45) is 0 Å². The molecule has 0 heterocycles. The Balaban J connectivity index is 3.40. The molecule has 0 bridgehead atoms. The van der Waals surface area contributed by atoms with Crippen molar-refractivity contribution in [3.63, 3.8) is 0 Å². The van der Waals surface area contributed by atoms with E-state index in [1.807, 2.05) is 6.08 Å². The fourth-order valence-corrected chi connectivity index (χ4v) is 7.95. The lowest BCUT2D eigenvalue weighted by molar-refractivity contribution is -0.123. The lowest BCUT2D eigenvalue weighted by Crippen LogP contribution is -2.45. The molecule has 0 aromatic heterocycles. The van der Waals surface area contributed by atoms with E-state index >= 15 is 0 Å². The summed E-state index contributed by atoms with van der Waals surface area (Å²) in [7, 11) is 0. The van der Waals surface area contributed by atoms with Gasteiger partial charge in [-0.15, -0.1) is 0 Å². The maximum Gasteiger partial charge on any atom is 0.220 e. The van der Waals surface area contributed by atoms with E-state index in [1.54, 1.807) is 6.08 Å². The third kappa shape index (κ3) is 42.3. The Morgan fingerprint density at radius 3 is 0.963 bits per heavy atom. The Labute approximate surface area is 339 Å². The summed E-state index contributed by atoms with van der Waals surface area (Å²) in [6.45, 7) is 4.32. The van der Waals surface area contributed by atoms with Crippen LogP contribution in [0.3, 0.4) is 0 Å². The third-order valence-corrected chi connectivity index (χ3v) is 11.8. The normalized spacial score (nSPS) is 12.9. The molecule has 0 fully saturated rings. The first-order valence-electron chi connectivity index (χ1n) is 24.9. The van der Waals surface area contributed by atoms with Gasteiger partial charge >= 0.3 is 0 Å². The fourth-order valence-electron chi connectivity index (χ4n) is 7.95. The van der Waals surface area contributed by atoms with Gasteiger partial charge in [0.2, 0.25) is 5.91 Å². The molecule has 0 radical (unpaired) electrons. The van der Waals surface area contributed by atoms with Crippen LogP contribution in [0.5, 0.6) is 0 Å². The average Bonchev–Trinajstić information content (AvgIpc) is 3.18. The molecule has 1 amide bonds. The highest BCUT2D eigenvalue weighted by Gasteiger charge is 2.18. The van der Waals surface area contributed by atoms with Crippen molar-refractivity contribution < 1.29 is 15.0 Å². The molecule has 0 aliphatic heterocycles. The zero-order valence-corrected chi connectivity index (χ0v) is 37.0. The number of rotatable bonds is 46. The summed E-state index contributed by atoms with van der Waals surface area (Å²) in [5.41, 5.74) is 0. The number of aliphatic hydroxyl groups is 2. The van der Waals surface area contributed by atoms with E-state index in [-0.39, 0.29) is 12.5 Å². The second-order valence-corrected chi connectivity index (χ2v) is 17.2. The van der Waals surface area contributed by atoms with E-state index < -0.39 is 12.1 Å². The van der Waals surface area contributed by atoms with Gasteiger partial charge in [0.05, 0.1) is 18.8 Å². The van der Waals surface area contributed by atoms with E-state index in [0.29, 0.717) is 6.42 Å². The molecule has 3 N–H and O–H groups in total. The SMILES string of the molecule is CCCCCCCCCCCCCCCCCCCCCCCCCCCCCCC/C=C/C(O)C(CO)NC(=O)CCCCCCCCCCCCC. The second-order valence-electron chi connectivity index (χ2n) is 17.2. The van der Waals surface area contributed by atoms with Gasteiger partial charge in [-0.05, 0) is 19.3 Å². The number of carbonyl (C=O) groups excluding carboxylic acids is 1. The van der Waals surface area contributed by atoms with Crippen LogP contribution in [0.25, 0.3) is 0 Å². The minimum atomic E-state index is -0.833. The first kappa shape index (κ1) is 53.1. The van der Waals surface area contributed by atoms with Gasteiger partial charge in [-0.3, -0.25) is 4.79 Å². The molecule has 2 unspecified atom stereocenters. The fraction of sp³-hybridized carbons (Fsp3) is 0.940. The van der Waals surface area contributed by atoms with Crippen LogP contribution in [0.15, 0.2) is 12.2 Å². The lowest BCUT2D eigenvalue weighted by atomic mass is 10.0. The lowest BCUT2D eigenvalue weighted by Gasteiger charge is -2.20. The highest BCUT2D eigenvalue weighted by Crippen LogP contribution is 2.17. The van der Waals surface area contributed by atoms with Crippen LogP contribution in [0.4, 0.5) is 0 Å². The summed E-state index contributed by atoms with van der Waals surface area (Å²) < 4.78 is 0. The summed E-state index contributed by atoms with van der Waals surface area (Å²) in [4.78, 5) is 12.3. The van der Waals surface area contributed by atoms with Crippen molar-refractivity contribution in [2.75, 3.05) is 6.61 Å². The minimum absolute atomic E-state index is 0.0617. The van der Waals surface area contributed by atoms with Crippen LogP contribution >= 0.6 is 0 Å². The molecule has 0 saturated carbocycles. The number of unbranched alkanes of at least 4 members (excludes halogenated alkanes) is 39. The van der Waals surface area contributed by atoms with Crippen molar-refractivity contribution in [3.05, 3.63) is 12.2 Å². The monoisotopic (exact) mass is 762 g/mol. The van der Waals surface area contributed by atoms with E-state index in [4.69, 9.17) is 0 Å². The zero-order chi connectivity index (χ0) is 39.3. The molecule has 0 aromatic rings. The minimum Gasteiger partial charge on any atom is -0.394 e. The highest BCUT2D eigenvalue weighted by molar-refractivity contribution is 5.76. The van der Waals surface area contributed by atoms with Crippen LogP contribution in [-0.4, -0.2) is 34.9 Å². The van der Waals surface area contributed by atoms with Crippen molar-refractivity contribution in [2.45, 2.75) is 296 Å². The molecule has 4 nitrogen and oxygen atoms in total. The number of amides is 1. The van der Waals surface area contributed by atoms with Crippen molar-refractivity contribution in [3.8, 4) is 0 Å². The first-order chi connectivity index (χ1) is 26.7. The summed E-state index contributed by atoms with van der Waals surface area (Å²) in [5.74, 6) is -0.0617. The molecule has 0 aromatic carbocycles. The summed E-state index contributed by atoms with van der Waals surface area (Å²) in [5, 5.41) is 23.0. The molecule has 0 aliphatic carbocycles. The maximum atomic E-state index is 12.3. The third-order valence-electron chi connectivity index (χ3n) is 11.8. The molecular weight excluding hydrogens is 663 g/mol. The Morgan fingerprint density at radius 2 is 0.685 bits per heavy atom. The van der Waals surface area contributed by atoms with Gasteiger partial charge in [0, 0.05) is 6.42 Å². The van der Waals surface area contributed by atoms with Crippen molar-refractivity contribution >= 4 is 5.91 Å². The van der Waals surface area contributed by atoms with Gasteiger partial charge in [-0.2, -0.15) is 0 Å². The number of allylic oxidation sites excluding steroid dienone is 1. The van der Waals surface area contributed by atoms with Crippen LogP contribution in [0.1, 0.15) is 284 Å². The summed E-state index contributed by atoms with van der Waals surface area (Å²) in [6, 6.07) is -0.616. The zero-order valence-electron chi connectivity index (χ0n) is 37.0.